The number of aliphatic imine (C=N–C) groups is 1. The van der Waals surface area contributed by atoms with Gasteiger partial charge in [0.1, 0.15) is 5.76 Å². The molecule has 0 saturated carbocycles. The molecule has 0 unspecified atom stereocenters. The van der Waals surface area contributed by atoms with Crippen LogP contribution in [-0.2, 0) is 4.79 Å². The largest absolute Gasteiger partial charge is 0.451 e. The molecule has 1 saturated heterocycles. The fourth-order valence-electron chi connectivity index (χ4n) is 1.28. The van der Waals surface area contributed by atoms with Crippen LogP contribution in [0.25, 0.3) is 6.08 Å². The van der Waals surface area contributed by atoms with Crippen LogP contribution in [0, 0.1) is 3.77 Å². The number of nitrogens with zero attached hydrogens (tertiary/aromatic N) is 2. The Labute approximate surface area is 111 Å². The molecule has 0 N–H and O–H groups in total. The minimum absolute atomic E-state index is 0.0444. The van der Waals surface area contributed by atoms with E-state index >= 15 is 0 Å². The molecule has 1 aromatic heterocycles. The lowest BCUT2D eigenvalue weighted by molar-refractivity contribution is -0.121. The van der Waals surface area contributed by atoms with Gasteiger partial charge in [0.05, 0.1) is 4.91 Å². The maximum absolute atomic E-state index is 11.8. The molecule has 0 spiro atoms. The van der Waals surface area contributed by atoms with E-state index in [1.165, 1.54) is 16.7 Å². The van der Waals surface area contributed by atoms with Gasteiger partial charge in [0.2, 0.25) is 0 Å². The normalized spacial score (nSPS) is 21.4. The van der Waals surface area contributed by atoms with Gasteiger partial charge in [-0.1, -0.05) is 0 Å². The average Bonchev–Trinajstić information content (AvgIpc) is 2.78. The van der Waals surface area contributed by atoms with Crippen molar-refractivity contribution in [2.24, 2.45) is 4.99 Å². The zero-order valence-corrected chi connectivity index (χ0v) is 11.7. The van der Waals surface area contributed by atoms with Gasteiger partial charge in [-0.05, 0) is 46.5 Å². The Morgan fingerprint density at radius 2 is 2.31 bits per heavy atom. The second kappa shape index (κ2) is 4.62. The fraction of sp³-hybridized carbons (Fsp3) is 0.200. The van der Waals surface area contributed by atoms with E-state index in [1.807, 2.05) is 12.1 Å². The Hall–Kier alpha value is -0.760. The molecule has 1 amide bonds. The quantitative estimate of drug-likeness (QED) is 0.578. The first-order valence-electron chi connectivity index (χ1n) is 4.51. The van der Waals surface area contributed by atoms with E-state index in [2.05, 4.69) is 27.6 Å². The van der Waals surface area contributed by atoms with Crippen LogP contribution >= 0.6 is 34.4 Å². The summed E-state index contributed by atoms with van der Waals surface area (Å²) in [5, 5.41) is 0.706. The number of likely N-dealkylation sites (N-methyl/N-ethyl adjacent to an activating group) is 1. The second-order valence-corrected chi connectivity index (χ2v) is 5.20. The van der Waals surface area contributed by atoms with E-state index in [0.29, 0.717) is 15.8 Å². The molecule has 1 aliphatic heterocycles. The predicted molar refractivity (Wildman–Crippen MR) is 73.1 cm³/mol. The molecule has 0 radical (unpaired) electrons. The third-order valence-corrected chi connectivity index (χ3v) is 3.79. The molecule has 1 fully saturated rings. The lowest BCUT2D eigenvalue weighted by Crippen LogP contribution is -2.23. The van der Waals surface area contributed by atoms with Crippen LogP contribution in [0.5, 0.6) is 0 Å². The van der Waals surface area contributed by atoms with Gasteiger partial charge in [-0.15, -0.1) is 0 Å². The van der Waals surface area contributed by atoms with E-state index in [0.717, 1.165) is 3.77 Å². The number of hydrogen-bond donors (Lipinski definition) is 0. The molecular weight excluding hydrogens is 339 g/mol. The van der Waals surface area contributed by atoms with Crippen LogP contribution < -0.4 is 0 Å². The SMILES string of the molecule is CN=C1S/C(=C/c2ccc(I)o2)C(=O)N1C. The number of amides is 1. The molecule has 0 aliphatic carbocycles. The summed E-state index contributed by atoms with van der Waals surface area (Å²) in [7, 11) is 3.38. The summed E-state index contributed by atoms with van der Waals surface area (Å²) in [5.41, 5.74) is 0. The molecule has 4 nitrogen and oxygen atoms in total. The highest BCUT2D eigenvalue weighted by Crippen LogP contribution is 2.31. The van der Waals surface area contributed by atoms with E-state index in [1.54, 1.807) is 20.2 Å². The first kappa shape index (κ1) is 11.7. The van der Waals surface area contributed by atoms with Crippen molar-refractivity contribution in [3.8, 4) is 0 Å². The lowest BCUT2D eigenvalue weighted by atomic mass is 10.4. The van der Waals surface area contributed by atoms with Gasteiger partial charge < -0.3 is 4.42 Å². The van der Waals surface area contributed by atoms with Crippen LogP contribution in [0.2, 0.25) is 0 Å². The number of hydrogen-bond acceptors (Lipinski definition) is 4. The van der Waals surface area contributed by atoms with Gasteiger partial charge in [-0.25, -0.2) is 0 Å². The summed E-state index contributed by atoms with van der Waals surface area (Å²) in [5.74, 6) is 0.642. The molecule has 2 rings (SSSR count). The summed E-state index contributed by atoms with van der Waals surface area (Å²) in [6.07, 6.45) is 1.74. The highest BCUT2D eigenvalue weighted by molar-refractivity contribution is 14.1. The van der Waals surface area contributed by atoms with Gasteiger partial charge in [0.15, 0.2) is 8.93 Å². The average molecular weight is 348 g/mol. The zero-order chi connectivity index (χ0) is 11.7. The third-order valence-electron chi connectivity index (χ3n) is 2.06. The molecule has 16 heavy (non-hydrogen) atoms. The van der Waals surface area contributed by atoms with Crippen molar-refractivity contribution < 1.29 is 9.21 Å². The van der Waals surface area contributed by atoms with Crippen LogP contribution in [0.1, 0.15) is 5.76 Å². The summed E-state index contributed by atoms with van der Waals surface area (Å²) < 4.78 is 6.19. The number of carbonyl (C=O) groups excluding carboxylic acids is 1. The molecule has 2 heterocycles. The molecule has 1 aromatic rings. The van der Waals surface area contributed by atoms with Crippen LogP contribution in [0.3, 0.4) is 0 Å². The van der Waals surface area contributed by atoms with Gasteiger partial charge >= 0.3 is 0 Å². The third kappa shape index (κ3) is 2.17. The van der Waals surface area contributed by atoms with Gasteiger partial charge in [-0.3, -0.25) is 14.7 Å². The minimum Gasteiger partial charge on any atom is -0.451 e. The second-order valence-electron chi connectivity index (χ2n) is 3.12. The maximum atomic E-state index is 11.8. The highest BCUT2D eigenvalue weighted by atomic mass is 127. The van der Waals surface area contributed by atoms with E-state index in [4.69, 9.17) is 4.42 Å². The summed E-state index contributed by atoms with van der Waals surface area (Å²) in [6.45, 7) is 0. The Bertz CT molecular complexity index is 493. The number of thioether (sulfide) groups is 1. The van der Waals surface area contributed by atoms with Crippen molar-refractivity contribution in [3.63, 3.8) is 0 Å². The number of rotatable bonds is 1. The summed E-state index contributed by atoms with van der Waals surface area (Å²) in [4.78, 5) is 18.0. The zero-order valence-electron chi connectivity index (χ0n) is 8.73. The Morgan fingerprint density at radius 1 is 1.56 bits per heavy atom. The number of amidine groups is 1. The molecular formula is C10H9IN2O2S. The fourth-order valence-corrected chi connectivity index (χ4v) is 2.63. The minimum atomic E-state index is -0.0444. The predicted octanol–water partition coefficient (Wildman–Crippen LogP) is 2.42. The molecule has 1 aliphatic rings. The van der Waals surface area contributed by atoms with E-state index in [-0.39, 0.29) is 5.91 Å². The molecule has 0 atom stereocenters. The monoisotopic (exact) mass is 348 g/mol. The van der Waals surface area contributed by atoms with Crippen LogP contribution in [0.15, 0.2) is 26.4 Å². The van der Waals surface area contributed by atoms with Crippen molar-refractivity contribution in [1.82, 2.24) is 4.90 Å². The van der Waals surface area contributed by atoms with Gasteiger partial charge in [0.25, 0.3) is 5.91 Å². The Balaban J connectivity index is 2.30. The number of carbonyl (C=O) groups is 1. The lowest BCUT2D eigenvalue weighted by Gasteiger charge is -2.04. The number of halogens is 1. The van der Waals surface area contributed by atoms with Crippen molar-refractivity contribution in [3.05, 3.63) is 26.6 Å². The van der Waals surface area contributed by atoms with Crippen molar-refractivity contribution >= 4 is 51.5 Å². The summed E-state index contributed by atoms with van der Waals surface area (Å²) in [6, 6.07) is 3.69. The van der Waals surface area contributed by atoms with Crippen molar-refractivity contribution in [2.75, 3.05) is 14.1 Å². The van der Waals surface area contributed by atoms with Crippen molar-refractivity contribution in [1.29, 1.82) is 0 Å². The van der Waals surface area contributed by atoms with Crippen LogP contribution in [0.4, 0.5) is 0 Å². The Kier molecular flexibility index (Phi) is 3.38. The smallest absolute Gasteiger partial charge is 0.266 e. The van der Waals surface area contributed by atoms with E-state index in [9.17, 15) is 4.79 Å². The Morgan fingerprint density at radius 3 is 2.81 bits per heavy atom. The van der Waals surface area contributed by atoms with Gasteiger partial charge in [-0.2, -0.15) is 0 Å². The van der Waals surface area contributed by atoms with Crippen molar-refractivity contribution in [2.45, 2.75) is 0 Å². The molecule has 84 valence electrons. The molecule has 0 aromatic carbocycles. The van der Waals surface area contributed by atoms with Gasteiger partial charge in [0, 0.05) is 20.2 Å². The van der Waals surface area contributed by atoms with E-state index < -0.39 is 0 Å². The highest BCUT2D eigenvalue weighted by Gasteiger charge is 2.29. The molecule has 6 heteroatoms. The summed E-state index contributed by atoms with van der Waals surface area (Å²) >= 11 is 3.44. The standard InChI is InChI=1S/C10H9IN2O2S/c1-12-10-13(2)9(14)7(16-10)5-6-3-4-8(11)15-6/h3-5H,1-2H3/b7-5+,12-10?. The van der Waals surface area contributed by atoms with Crippen LogP contribution in [-0.4, -0.2) is 30.1 Å². The topological polar surface area (TPSA) is 45.8 Å². The first-order chi connectivity index (χ1) is 7.61. The maximum Gasteiger partial charge on any atom is 0.266 e. The number of furan rings is 1. The molecule has 0 bridgehead atoms. The first-order valence-corrected chi connectivity index (χ1v) is 6.41.